The molecule has 0 unspecified atom stereocenters. The van der Waals surface area contributed by atoms with Gasteiger partial charge in [0.15, 0.2) is 9.84 Å². The molecule has 1 aromatic carbocycles. The van der Waals surface area contributed by atoms with Crippen molar-refractivity contribution in [3.8, 4) is 0 Å². The van der Waals surface area contributed by atoms with E-state index in [9.17, 15) is 17.6 Å². The first-order valence-corrected chi connectivity index (χ1v) is 6.26. The molecule has 1 aromatic rings. The number of carbonyl (C=O) groups excluding carboxylic acids is 1. The summed E-state index contributed by atoms with van der Waals surface area (Å²) in [7, 11) is -3.44. The Hall–Kier alpha value is -1.23. The molecule has 0 saturated heterocycles. The molecule has 82 valence electrons. The lowest BCUT2D eigenvalue weighted by Gasteiger charge is -2.06. The van der Waals surface area contributed by atoms with Gasteiger partial charge in [0.2, 0.25) is 0 Å². The quantitative estimate of drug-likeness (QED) is 0.734. The highest BCUT2D eigenvalue weighted by Gasteiger charge is 2.13. The van der Waals surface area contributed by atoms with E-state index in [4.69, 9.17) is 0 Å². The Bertz CT molecular complexity index is 466. The highest BCUT2D eigenvalue weighted by atomic mass is 32.2. The summed E-state index contributed by atoms with van der Waals surface area (Å²) in [6.07, 6.45) is 2.27. The maximum absolute atomic E-state index is 12.9. The average Bonchev–Trinajstić information content (AvgIpc) is 2.14. The molecule has 1 rings (SSSR count). The molecule has 0 radical (unpaired) electrons. The lowest BCUT2D eigenvalue weighted by molar-refractivity contribution is -0.107. The second-order valence-electron chi connectivity index (χ2n) is 3.23. The Morgan fingerprint density at radius 3 is 2.60 bits per heavy atom. The van der Waals surface area contributed by atoms with Gasteiger partial charge in [0.1, 0.15) is 12.1 Å². The van der Waals surface area contributed by atoms with Crippen molar-refractivity contribution in [2.75, 3.05) is 6.26 Å². The van der Waals surface area contributed by atoms with Crippen molar-refractivity contribution in [2.24, 2.45) is 0 Å². The summed E-state index contributed by atoms with van der Waals surface area (Å²) >= 11 is 0. The average molecular weight is 230 g/mol. The van der Waals surface area contributed by atoms with Gasteiger partial charge in [-0.05, 0) is 24.1 Å². The number of halogens is 1. The Kier molecular flexibility index (Phi) is 3.57. The van der Waals surface area contributed by atoms with Crippen LogP contribution in [0.5, 0.6) is 0 Å². The van der Waals surface area contributed by atoms with Crippen molar-refractivity contribution in [3.63, 3.8) is 0 Å². The Morgan fingerprint density at radius 2 is 2.07 bits per heavy atom. The lowest BCUT2D eigenvalue weighted by Crippen LogP contribution is -2.03. The molecule has 0 fully saturated rings. The van der Waals surface area contributed by atoms with E-state index in [1.807, 2.05) is 0 Å². The smallest absolute Gasteiger partial charge is 0.175 e. The highest BCUT2D eigenvalue weighted by molar-refractivity contribution is 7.90. The SMILES string of the molecule is CS(=O)(=O)c1cc(F)ccc1CCC=O. The number of carbonyl (C=O) groups is 1. The lowest BCUT2D eigenvalue weighted by atomic mass is 10.1. The standard InChI is InChI=1S/C10H11FO3S/c1-15(13,14)10-7-9(11)5-4-8(10)3-2-6-12/h4-7H,2-3H2,1H3. The molecular formula is C10H11FO3S. The van der Waals surface area contributed by atoms with E-state index in [0.717, 1.165) is 12.3 Å². The molecule has 3 nitrogen and oxygen atoms in total. The molecule has 5 heteroatoms. The fourth-order valence-electron chi connectivity index (χ4n) is 1.29. The predicted octanol–water partition coefficient (Wildman–Crippen LogP) is 1.36. The first-order chi connectivity index (χ1) is 6.95. The molecule has 0 spiro atoms. The summed E-state index contributed by atoms with van der Waals surface area (Å²) in [5.74, 6) is -0.592. The van der Waals surface area contributed by atoms with Gasteiger partial charge in [0.05, 0.1) is 4.90 Å². The zero-order chi connectivity index (χ0) is 11.5. The van der Waals surface area contributed by atoms with Gasteiger partial charge in [-0.1, -0.05) is 6.07 Å². The van der Waals surface area contributed by atoms with Crippen molar-refractivity contribution in [1.82, 2.24) is 0 Å². The van der Waals surface area contributed by atoms with Gasteiger partial charge in [-0.3, -0.25) is 0 Å². The summed E-state index contributed by atoms with van der Waals surface area (Å²) in [4.78, 5) is 10.1. The van der Waals surface area contributed by atoms with Crippen LogP contribution in [0.3, 0.4) is 0 Å². The molecule has 0 aliphatic carbocycles. The van der Waals surface area contributed by atoms with E-state index in [1.54, 1.807) is 0 Å². The van der Waals surface area contributed by atoms with E-state index in [2.05, 4.69) is 0 Å². The Morgan fingerprint density at radius 1 is 1.40 bits per heavy atom. The molecule has 0 bridgehead atoms. The summed E-state index contributed by atoms with van der Waals surface area (Å²) in [5, 5.41) is 0. The number of aryl methyl sites for hydroxylation is 1. The van der Waals surface area contributed by atoms with Gasteiger partial charge in [0, 0.05) is 12.7 Å². The van der Waals surface area contributed by atoms with Crippen LogP contribution in [0.2, 0.25) is 0 Å². The van der Waals surface area contributed by atoms with Crippen LogP contribution in [0.15, 0.2) is 23.1 Å². The number of benzene rings is 1. The first-order valence-electron chi connectivity index (χ1n) is 4.37. The third-order valence-corrected chi connectivity index (χ3v) is 3.14. The molecule has 0 atom stereocenters. The van der Waals surface area contributed by atoms with Crippen LogP contribution in [0.4, 0.5) is 4.39 Å². The van der Waals surface area contributed by atoms with Crippen LogP contribution in [0.1, 0.15) is 12.0 Å². The largest absolute Gasteiger partial charge is 0.303 e. The van der Waals surface area contributed by atoms with Gasteiger partial charge >= 0.3 is 0 Å². The first kappa shape index (κ1) is 11.8. The number of aldehydes is 1. The normalized spacial score (nSPS) is 11.3. The third kappa shape index (κ3) is 3.13. The molecule has 0 saturated carbocycles. The van der Waals surface area contributed by atoms with Crippen LogP contribution in [0, 0.1) is 5.82 Å². The summed E-state index contributed by atoms with van der Waals surface area (Å²) < 4.78 is 35.5. The van der Waals surface area contributed by atoms with Gasteiger partial charge in [-0.15, -0.1) is 0 Å². The van der Waals surface area contributed by atoms with E-state index in [-0.39, 0.29) is 11.3 Å². The van der Waals surface area contributed by atoms with Crippen LogP contribution < -0.4 is 0 Å². The van der Waals surface area contributed by atoms with E-state index in [0.29, 0.717) is 18.3 Å². The number of sulfone groups is 1. The molecular weight excluding hydrogens is 219 g/mol. The van der Waals surface area contributed by atoms with Gasteiger partial charge in [-0.2, -0.15) is 0 Å². The number of hydrogen-bond donors (Lipinski definition) is 0. The maximum atomic E-state index is 12.9. The monoisotopic (exact) mass is 230 g/mol. The van der Waals surface area contributed by atoms with Gasteiger partial charge in [-0.25, -0.2) is 12.8 Å². The minimum atomic E-state index is -3.44. The molecule has 0 aromatic heterocycles. The fourth-order valence-corrected chi connectivity index (χ4v) is 2.27. The van der Waals surface area contributed by atoms with Crippen molar-refractivity contribution >= 4 is 16.1 Å². The van der Waals surface area contributed by atoms with E-state index >= 15 is 0 Å². The molecule has 0 aliphatic rings. The third-order valence-electron chi connectivity index (χ3n) is 1.96. The number of hydrogen-bond acceptors (Lipinski definition) is 3. The molecule has 0 amide bonds. The highest BCUT2D eigenvalue weighted by Crippen LogP contribution is 2.18. The second-order valence-corrected chi connectivity index (χ2v) is 5.21. The molecule has 0 heterocycles. The van der Waals surface area contributed by atoms with E-state index in [1.165, 1.54) is 12.1 Å². The second kappa shape index (κ2) is 4.53. The minimum Gasteiger partial charge on any atom is -0.303 e. The van der Waals surface area contributed by atoms with Crippen LogP contribution in [0.25, 0.3) is 0 Å². The maximum Gasteiger partial charge on any atom is 0.175 e. The van der Waals surface area contributed by atoms with Crippen LogP contribution >= 0.6 is 0 Å². The van der Waals surface area contributed by atoms with Gasteiger partial charge in [0.25, 0.3) is 0 Å². The molecule has 0 aliphatic heterocycles. The zero-order valence-corrected chi connectivity index (χ0v) is 9.05. The summed E-state index contributed by atoms with van der Waals surface area (Å²) in [5.41, 5.74) is 0.478. The topological polar surface area (TPSA) is 51.2 Å². The number of rotatable bonds is 4. The van der Waals surface area contributed by atoms with Crippen LogP contribution in [-0.2, 0) is 21.1 Å². The van der Waals surface area contributed by atoms with E-state index < -0.39 is 15.7 Å². The Labute approximate surface area is 87.8 Å². The van der Waals surface area contributed by atoms with Crippen molar-refractivity contribution in [3.05, 3.63) is 29.6 Å². The summed E-state index contributed by atoms with van der Waals surface area (Å²) in [6.45, 7) is 0. The summed E-state index contributed by atoms with van der Waals surface area (Å²) in [6, 6.07) is 3.57. The predicted molar refractivity (Wildman–Crippen MR) is 53.9 cm³/mol. The Balaban J connectivity index is 3.21. The van der Waals surface area contributed by atoms with Crippen molar-refractivity contribution in [2.45, 2.75) is 17.7 Å². The van der Waals surface area contributed by atoms with Crippen molar-refractivity contribution in [1.29, 1.82) is 0 Å². The molecule has 0 N–H and O–H groups in total. The fraction of sp³-hybridized carbons (Fsp3) is 0.300. The zero-order valence-electron chi connectivity index (χ0n) is 8.23. The van der Waals surface area contributed by atoms with Crippen molar-refractivity contribution < 1.29 is 17.6 Å². The minimum absolute atomic E-state index is 0.0376. The van der Waals surface area contributed by atoms with Crippen LogP contribution in [-0.4, -0.2) is 21.0 Å². The molecule has 15 heavy (non-hydrogen) atoms. The van der Waals surface area contributed by atoms with Gasteiger partial charge < -0.3 is 4.79 Å².